The number of carbonyl (C=O) groups is 3. The maximum absolute atomic E-state index is 12.6. The minimum Gasteiger partial charge on any atom is -0.546 e. The molecule has 144 valence electrons. The first-order chi connectivity index (χ1) is 13.3. The molecule has 2 aromatic carbocycles. The van der Waals surface area contributed by atoms with Gasteiger partial charge in [-0.1, -0.05) is 30.3 Å². The second-order valence-electron chi connectivity index (χ2n) is 5.94. The number of aliphatic carboxylic acids is 1. The summed E-state index contributed by atoms with van der Waals surface area (Å²) in [6.07, 6.45) is 0.147. The molecule has 1 heterocycles. The van der Waals surface area contributed by atoms with Gasteiger partial charge in [-0.3, -0.25) is 9.69 Å². The molecule has 0 saturated heterocycles. The van der Waals surface area contributed by atoms with Crippen molar-refractivity contribution < 1.29 is 24.2 Å². The number of carbonyl (C=O) groups excluding carboxylic acids is 3. The van der Waals surface area contributed by atoms with Crippen LogP contribution in [0.2, 0.25) is 0 Å². The molecule has 2 aromatic rings. The first-order valence-electron chi connectivity index (χ1n) is 8.13. The average Bonchev–Trinajstić information content (AvgIpc) is 2.89. The Morgan fingerprint density at radius 1 is 1.07 bits per heavy atom. The largest absolute Gasteiger partial charge is 0.546 e. The number of carboxylic acids is 1. The third-order valence-electron chi connectivity index (χ3n) is 3.90. The van der Waals surface area contributed by atoms with Gasteiger partial charge in [-0.15, -0.1) is 0 Å². The Balaban J connectivity index is 1.73. The number of ether oxygens (including phenoxy) is 1. The fourth-order valence-electron chi connectivity index (χ4n) is 2.66. The third kappa shape index (κ3) is 4.66. The lowest BCUT2D eigenvalue weighted by molar-refractivity contribution is -0.307. The molecule has 28 heavy (non-hydrogen) atoms. The molecule has 3 rings (SSSR count). The molecule has 9 heteroatoms. The Morgan fingerprint density at radius 3 is 2.32 bits per heavy atom. The number of halogens is 2. The lowest BCUT2D eigenvalue weighted by Gasteiger charge is -2.14. The van der Waals surface area contributed by atoms with Crippen molar-refractivity contribution in [2.45, 2.75) is 13.0 Å². The Kier molecular flexibility index (Phi) is 6.25. The van der Waals surface area contributed by atoms with Gasteiger partial charge in [0.25, 0.3) is 5.91 Å². The van der Waals surface area contributed by atoms with Crippen LogP contribution in [0.3, 0.4) is 0 Å². The van der Waals surface area contributed by atoms with Crippen LogP contribution in [-0.4, -0.2) is 35.1 Å². The molecular weight excluding hydrogens is 496 g/mol. The quantitative estimate of drug-likeness (QED) is 0.572. The van der Waals surface area contributed by atoms with E-state index in [9.17, 15) is 19.5 Å². The number of rotatable bonds is 7. The summed E-state index contributed by atoms with van der Waals surface area (Å²) in [7, 11) is 0. The fourth-order valence-corrected chi connectivity index (χ4v) is 4.17. The van der Waals surface area contributed by atoms with E-state index in [0.717, 1.165) is 10.5 Å². The van der Waals surface area contributed by atoms with Crippen molar-refractivity contribution >= 4 is 55.5 Å². The van der Waals surface area contributed by atoms with E-state index >= 15 is 0 Å². The summed E-state index contributed by atoms with van der Waals surface area (Å²) in [5.41, 5.74) is 1.67. The van der Waals surface area contributed by atoms with E-state index in [-0.39, 0.29) is 18.7 Å². The molecule has 7 nitrogen and oxygen atoms in total. The number of benzene rings is 2. The SMILES string of the molecule is O=C([O-])COc1c(Br)cc(CC2=NC(=O)N(Cc3ccccc3)C2=O)cc1Br. The number of imide groups is 1. The van der Waals surface area contributed by atoms with Gasteiger partial charge >= 0.3 is 6.03 Å². The minimum atomic E-state index is -1.34. The van der Waals surface area contributed by atoms with E-state index < -0.39 is 24.5 Å². The van der Waals surface area contributed by atoms with Crippen molar-refractivity contribution in [2.75, 3.05) is 6.61 Å². The predicted molar refractivity (Wildman–Crippen MR) is 106 cm³/mol. The van der Waals surface area contributed by atoms with Crippen LogP contribution in [0.25, 0.3) is 0 Å². The number of amides is 3. The molecule has 0 radical (unpaired) electrons. The molecule has 0 aliphatic carbocycles. The van der Waals surface area contributed by atoms with Gasteiger partial charge in [-0.05, 0) is 55.1 Å². The summed E-state index contributed by atoms with van der Waals surface area (Å²) < 4.78 is 6.15. The van der Waals surface area contributed by atoms with E-state index in [1.165, 1.54) is 0 Å². The summed E-state index contributed by atoms with van der Waals surface area (Å²) in [6.45, 7) is -0.431. The van der Waals surface area contributed by atoms with Crippen LogP contribution in [0.15, 0.2) is 56.4 Å². The molecule has 0 N–H and O–H groups in total. The summed E-state index contributed by atoms with van der Waals surface area (Å²) in [4.78, 5) is 40.3. The smallest absolute Gasteiger partial charge is 0.351 e. The second kappa shape index (κ2) is 8.66. The van der Waals surface area contributed by atoms with Crippen LogP contribution >= 0.6 is 31.9 Å². The van der Waals surface area contributed by atoms with Crippen molar-refractivity contribution in [3.8, 4) is 5.75 Å². The van der Waals surface area contributed by atoms with E-state index in [4.69, 9.17) is 4.74 Å². The zero-order valence-electron chi connectivity index (χ0n) is 14.4. The van der Waals surface area contributed by atoms with Crippen LogP contribution < -0.4 is 9.84 Å². The zero-order valence-corrected chi connectivity index (χ0v) is 17.5. The molecule has 0 atom stereocenters. The van der Waals surface area contributed by atoms with Gasteiger partial charge in [0, 0.05) is 6.42 Å². The Bertz CT molecular complexity index is 953. The third-order valence-corrected chi connectivity index (χ3v) is 5.08. The van der Waals surface area contributed by atoms with E-state index in [1.807, 2.05) is 30.3 Å². The minimum absolute atomic E-state index is 0.142. The molecule has 1 aliphatic heterocycles. The van der Waals surface area contributed by atoms with Gasteiger partial charge < -0.3 is 14.6 Å². The normalized spacial score (nSPS) is 13.6. The summed E-state index contributed by atoms with van der Waals surface area (Å²) in [6, 6.07) is 12.0. The molecule has 3 amide bonds. The number of nitrogens with zero attached hydrogens (tertiary/aromatic N) is 2. The van der Waals surface area contributed by atoms with Gasteiger partial charge in [0.05, 0.1) is 21.5 Å². The highest BCUT2D eigenvalue weighted by atomic mass is 79.9. The van der Waals surface area contributed by atoms with E-state index in [2.05, 4.69) is 36.9 Å². The standard InChI is InChI=1S/C19H14Br2N2O5/c20-13-6-12(7-14(21)17(13)28-10-16(24)25)8-15-18(26)23(19(27)22-15)9-11-4-2-1-3-5-11/h1-7H,8-10H2,(H,24,25)/p-1. The van der Waals surface area contributed by atoms with Crippen molar-refractivity contribution in [3.63, 3.8) is 0 Å². The molecule has 0 aromatic heterocycles. The van der Waals surface area contributed by atoms with Gasteiger partial charge in [0.2, 0.25) is 0 Å². The highest BCUT2D eigenvalue weighted by Crippen LogP contribution is 2.35. The number of hydrogen-bond acceptors (Lipinski definition) is 5. The highest BCUT2D eigenvalue weighted by Gasteiger charge is 2.33. The second-order valence-corrected chi connectivity index (χ2v) is 7.65. The Morgan fingerprint density at radius 2 is 1.71 bits per heavy atom. The van der Waals surface area contributed by atoms with Crippen LogP contribution in [-0.2, 0) is 22.6 Å². The first kappa shape index (κ1) is 20.2. The monoisotopic (exact) mass is 507 g/mol. The molecule has 0 spiro atoms. The summed E-state index contributed by atoms with van der Waals surface area (Å²) in [5.74, 6) is -1.47. The zero-order chi connectivity index (χ0) is 20.3. The average molecular weight is 509 g/mol. The molecule has 0 bridgehead atoms. The molecular formula is C19H13Br2N2O5-. The molecule has 0 fully saturated rings. The molecule has 0 unspecified atom stereocenters. The van der Waals surface area contributed by atoms with Gasteiger partial charge in [-0.25, -0.2) is 4.79 Å². The summed E-state index contributed by atoms with van der Waals surface area (Å²) in [5, 5.41) is 10.6. The summed E-state index contributed by atoms with van der Waals surface area (Å²) >= 11 is 6.62. The van der Waals surface area contributed by atoms with Gasteiger partial charge in [0.1, 0.15) is 18.1 Å². The number of urea groups is 1. The topological polar surface area (TPSA) is 99.1 Å². The van der Waals surface area contributed by atoms with Crippen LogP contribution in [0, 0.1) is 0 Å². The Hall–Kier alpha value is -2.52. The maximum Gasteiger partial charge on any atom is 0.351 e. The number of carboxylic acid groups (broad SMARTS) is 1. The molecule has 0 saturated carbocycles. The number of hydrogen-bond donors (Lipinski definition) is 0. The first-order valence-corrected chi connectivity index (χ1v) is 9.71. The maximum atomic E-state index is 12.6. The highest BCUT2D eigenvalue weighted by molar-refractivity contribution is 9.11. The lowest BCUT2D eigenvalue weighted by atomic mass is 10.1. The van der Waals surface area contributed by atoms with Crippen molar-refractivity contribution in [1.29, 1.82) is 0 Å². The van der Waals surface area contributed by atoms with Crippen LogP contribution in [0.4, 0.5) is 4.79 Å². The Labute approximate surface area is 177 Å². The van der Waals surface area contributed by atoms with Crippen molar-refractivity contribution in [3.05, 3.63) is 62.5 Å². The van der Waals surface area contributed by atoms with Crippen LogP contribution in [0.5, 0.6) is 5.75 Å². The predicted octanol–water partition coefficient (Wildman–Crippen LogP) is 2.49. The van der Waals surface area contributed by atoms with Gasteiger partial charge in [-0.2, -0.15) is 4.99 Å². The lowest BCUT2D eigenvalue weighted by Crippen LogP contribution is -2.32. The number of aliphatic imine (C=N–C) groups is 1. The van der Waals surface area contributed by atoms with E-state index in [0.29, 0.717) is 20.3 Å². The molecule has 1 aliphatic rings. The van der Waals surface area contributed by atoms with Crippen LogP contribution in [0.1, 0.15) is 11.1 Å². The van der Waals surface area contributed by atoms with E-state index in [1.54, 1.807) is 12.1 Å². The fraction of sp³-hybridized carbons (Fsp3) is 0.158. The van der Waals surface area contributed by atoms with Gasteiger partial charge in [0.15, 0.2) is 0 Å². The van der Waals surface area contributed by atoms with Crippen molar-refractivity contribution in [1.82, 2.24) is 4.90 Å². The van der Waals surface area contributed by atoms with Crippen molar-refractivity contribution in [2.24, 2.45) is 4.99 Å².